The predicted molar refractivity (Wildman–Crippen MR) is 117 cm³/mol. The Morgan fingerprint density at radius 2 is 1.87 bits per heavy atom. The first-order chi connectivity index (χ1) is 14.9. The van der Waals surface area contributed by atoms with Crippen molar-refractivity contribution in [2.24, 2.45) is 5.92 Å². The van der Waals surface area contributed by atoms with E-state index < -0.39 is 5.54 Å². The Hall–Kier alpha value is -3.06. The molecule has 31 heavy (non-hydrogen) atoms. The number of methoxy groups -OCH3 is 1. The third-order valence-electron chi connectivity index (χ3n) is 6.61. The van der Waals surface area contributed by atoms with Gasteiger partial charge in [0.15, 0.2) is 0 Å². The summed E-state index contributed by atoms with van der Waals surface area (Å²) in [5.74, 6) is 0.898. The van der Waals surface area contributed by atoms with Crippen molar-refractivity contribution in [1.82, 2.24) is 15.1 Å². The van der Waals surface area contributed by atoms with Crippen molar-refractivity contribution in [3.63, 3.8) is 0 Å². The molecule has 7 nitrogen and oxygen atoms in total. The smallest absolute Gasteiger partial charge is 0.324 e. The first kappa shape index (κ1) is 21.2. The number of piperidine rings is 1. The summed E-state index contributed by atoms with van der Waals surface area (Å²) < 4.78 is 5.34. The van der Waals surface area contributed by atoms with Gasteiger partial charge in [0.1, 0.15) is 17.0 Å². The zero-order valence-electron chi connectivity index (χ0n) is 18.0. The van der Waals surface area contributed by atoms with E-state index in [1.165, 1.54) is 11.9 Å². The van der Waals surface area contributed by atoms with Crippen molar-refractivity contribution in [2.45, 2.75) is 31.3 Å². The standard InChI is InChI=1S/C24H29N3O4/c1-26-22(29)24(25-23(26)30,15-17-6-5-8-20(14-17)31-2)19-10-12-27(13-11-19)16-18-7-3-4-9-21(18)28/h3-9,14,19,28H,10-13,15-16H2,1-2H3,(H,25,30). The Bertz CT molecular complexity index is 971. The second kappa shape index (κ2) is 8.59. The molecule has 7 heteroatoms. The largest absolute Gasteiger partial charge is 0.508 e. The number of phenolic OH excluding ortho intramolecular Hbond substituents is 1. The van der Waals surface area contributed by atoms with Gasteiger partial charge in [0.25, 0.3) is 5.91 Å². The minimum absolute atomic E-state index is 0.0284. The van der Waals surface area contributed by atoms with Gasteiger partial charge in [-0.15, -0.1) is 0 Å². The maximum absolute atomic E-state index is 13.3. The van der Waals surface area contributed by atoms with E-state index in [-0.39, 0.29) is 17.9 Å². The van der Waals surface area contributed by atoms with E-state index in [9.17, 15) is 14.7 Å². The van der Waals surface area contributed by atoms with Crippen LogP contribution in [0.5, 0.6) is 11.5 Å². The molecule has 1 atom stereocenters. The molecular formula is C24H29N3O4. The van der Waals surface area contributed by atoms with Gasteiger partial charge in [0.05, 0.1) is 7.11 Å². The van der Waals surface area contributed by atoms with Crippen molar-refractivity contribution in [3.8, 4) is 11.5 Å². The number of nitrogens with zero attached hydrogens (tertiary/aromatic N) is 2. The Morgan fingerprint density at radius 1 is 1.13 bits per heavy atom. The monoisotopic (exact) mass is 423 g/mol. The molecule has 0 radical (unpaired) electrons. The van der Waals surface area contributed by atoms with E-state index in [1.54, 1.807) is 13.2 Å². The molecule has 2 aliphatic heterocycles. The minimum Gasteiger partial charge on any atom is -0.508 e. The molecule has 2 aromatic rings. The number of carbonyl (C=O) groups excluding carboxylic acids is 2. The Morgan fingerprint density at radius 3 is 2.52 bits per heavy atom. The van der Waals surface area contributed by atoms with Gasteiger partial charge in [-0.3, -0.25) is 14.6 Å². The molecule has 0 spiro atoms. The number of hydrogen-bond donors (Lipinski definition) is 2. The van der Waals surface area contributed by atoms with Crippen LogP contribution in [0.25, 0.3) is 0 Å². The lowest BCUT2D eigenvalue weighted by Crippen LogP contribution is -2.57. The summed E-state index contributed by atoms with van der Waals surface area (Å²) in [5, 5.41) is 13.1. The Labute approximate surface area is 182 Å². The Balaban J connectivity index is 1.52. The fourth-order valence-corrected chi connectivity index (χ4v) is 4.83. The molecule has 4 rings (SSSR count). The summed E-state index contributed by atoms with van der Waals surface area (Å²) in [4.78, 5) is 29.2. The summed E-state index contributed by atoms with van der Waals surface area (Å²) in [6.07, 6.45) is 2.01. The molecule has 0 aromatic heterocycles. The Kier molecular flexibility index (Phi) is 5.87. The van der Waals surface area contributed by atoms with E-state index in [1.807, 2.05) is 42.5 Å². The number of hydrogen-bond acceptors (Lipinski definition) is 5. The van der Waals surface area contributed by atoms with Gasteiger partial charge in [-0.05, 0) is 55.6 Å². The molecule has 2 aliphatic rings. The highest BCUT2D eigenvalue weighted by Gasteiger charge is 2.54. The van der Waals surface area contributed by atoms with E-state index in [0.29, 0.717) is 18.7 Å². The summed E-state index contributed by atoms with van der Waals surface area (Å²) in [6, 6.07) is 14.7. The van der Waals surface area contributed by atoms with Crippen LogP contribution in [0.3, 0.4) is 0 Å². The maximum atomic E-state index is 13.3. The third kappa shape index (κ3) is 4.10. The number of carbonyl (C=O) groups is 2. The summed E-state index contributed by atoms with van der Waals surface area (Å²) in [7, 11) is 3.16. The third-order valence-corrected chi connectivity index (χ3v) is 6.61. The normalized spacial score (nSPS) is 22.6. The molecule has 0 aliphatic carbocycles. The van der Waals surface area contributed by atoms with Crippen LogP contribution in [-0.4, -0.2) is 59.6 Å². The van der Waals surface area contributed by atoms with Crippen molar-refractivity contribution < 1.29 is 19.4 Å². The number of likely N-dealkylation sites (tertiary alicyclic amines) is 1. The number of para-hydroxylation sites is 1. The fraction of sp³-hybridized carbons (Fsp3) is 0.417. The predicted octanol–water partition coefficient (Wildman–Crippen LogP) is 2.78. The summed E-state index contributed by atoms with van der Waals surface area (Å²) >= 11 is 0. The van der Waals surface area contributed by atoms with Crippen LogP contribution < -0.4 is 10.1 Å². The number of rotatable bonds is 6. The van der Waals surface area contributed by atoms with Crippen LogP contribution in [0.4, 0.5) is 4.79 Å². The van der Waals surface area contributed by atoms with Gasteiger partial charge < -0.3 is 15.2 Å². The molecule has 2 heterocycles. The second-order valence-electron chi connectivity index (χ2n) is 8.47. The fourth-order valence-electron chi connectivity index (χ4n) is 4.83. The molecule has 0 bridgehead atoms. The van der Waals surface area contributed by atoms with Crippen molar-refractivity contribution >= 4 is 11.9 Å². The molecule has 1 unspecified atom stereocenters. The highest BCUT2D eigenvalue weighted by Crippen LogP contribution is 2.37. The van der Waals surface area contributed by atoms with Gasteiger partial charge in [0, 0.05) is 25.6 Å². The highest BCUT2D eigenvalue weighted by atomic mass is 16.5. The quantitative estimate of drug-likeness (QED) is 0.699. The lowest BCUT2D eigenvalue weighted by atomic mass is 9.74. The molecule has 3 amide bonds. The van der Waals surface area contributed by atoms with Crippen molar-refractivity contribution in [2.75, 3.05) is 27.2 Å². The average Bonchev–Trinajstić information content (AvgIpc) is 3.00. The number of phenols is 1. The zero-order valence-corrected chi connectivity index (χ0v) is 18.0. The number of benzene rings is 2. The van der Waals surface area contributed by atoms with Crippen LogP contribution in [0.15, 0.2) is 48.5 Å². The molecule has 2 aromatic carbocycles. The summed E-state index contributed by atoms with van der Waals surface area (Å²) in [6.45, 7) is 2.26. The van der Waals surface area contributed by atoms with Gasteiger partial charge in [-0.2, -0.15) is 0 Å². The lowest BCUT2D eigenvalue weighted by molar-refractivity contribution is -0.133. The number of aromatic hydroxyl groups is 1. The van der Waals surface area contributed by atoms with Gasteiger partial charge in [0.2, 0.25) is 0 Å². The second-order valence-corrected chi connectivity index (χ2v) is 8.47. The van der Waals surface area contributed by atoms with Crippen LogP contribution in [-0.2, 0) is 17.8 Å². The molecule has 2 N–H and O–H groups in total. The molecule has 0 saturated carbocycles. The number of amides is 3. The van der Waals surface area contributed by atoms with Crippen molar-refractivity contribution in [3.05, 3.63) is 59.7 Å². The topological polar surface area (TPSA) is 82.1 Å². The number of ether oxygens (including phenoxy) is 1. The molecule has 164 valence electrons. The number of imide groups is 1. The van der Waals surface area contributed by atoms with E-state index >= 15 is 0 Å². The van der Waals surface area contributed by atoms with E-state index in [4.69, 9.17) is 4.74 Å². The van der Waals surface area contributed by atoms with Gasteiger partial charge in [-0.1, -0.05) is 30.3 Å². The van der Waals surface area contributed by atoms with Crippen LogP contribution in [0.1, 0.15) is 24.0 Å². The van der Waals surface area contributed by atoms with E-state index in [0.717, 1.165) is 42.8 Å². The van der Waals surface area contributed by atoms with Gasteiger partial charge >= 0.3 is 6.03 Å². The number of urea groups is 1. The molecule has 2 fully saturated rings. The van der Waals surface area contributed by atoms with Crippen LogP contribution >= 0.6 is 0 Å². The van der Waals surface area contributed by atoms with Crippen LogP contribution in [0, 0.1) is 5.92 Å². The van der Waals surface area contributed by atoms with Gasteiger partial charge in [-0.25, -0.2) is 4.79 Å². The lowest BCUT2D eigenvalue weighted by Gasteiger charge is -2.41. The van der Waals surface area contributed by atoms with Crippen LogP contribution in [0.2, 0.25) is 0 Å². The first-order valence-electron chi connectivity index (χ1n) is 10.7. The zero-order chi connectivity index (χ0) is 22.0. The number of nitrogens with one attached hydrogen (secondary N) is 1. The number of likely N-dealkylation sites (N-methyl/N-ethyl adjacent to an activating group) is 1. The minimum atomic E-state index is -0.945. The highest BCUT2D eigenvalue weighted by molar-refractivity contribution is 6.07. The van der Waals surface area contributed by atoms with E-state index in [2.05, 4.69) is 10.2 Å². The maximum Gasteiger partial charge on any atom is 0.324 e. The molecular weight excluding hydrogens is 394 g/mol. The summed E-state index contributed by atoms with van der Waals surface area (Å²) in [5.41, 5.74) is 0.913. The first-order valence-corrected chi connectivity index (χ1v) is 10.7. The SMILES string of the molecule is COc1cccc(CC2(C3CCN(Cc4ccccc4O)CC3)NC(=O)N(C)C2=O)c1. The average molecular weight is 424 g/mol. The molecule has 2 saturated heterocycles. The van der Waals surface area contributed by atoms with Crippen molar-refractivity contribution in [1.29, 1.82) is 0 Å².